The predicted octanol–water partition coefficient (Wildman–Crippen LogP) is 2.23. The van der Waals surface area contributed by atoms with Gasteiger partial charge in [-0.05, 0) is 36.5 Å². The Morgan fingerprint density at radius 2 is 1.64 bits per heavy atom. The Morgan fingerprint density at radius 1 is 1.14 bits per heavy atom. The fourth-order valence-electron chi connectivity index (χ4n) is 1.33. The van der Waals surface area contributed by atoms with Crippen molar-refractivity contribution in [2.75, 3.05) is 0 Å². The molecular weight excluding hydrogens is 224 g/mol. The Hall–Kier alpha value is -0.580. The van der Waals surface area contributed by atoms with Crippen molar-refractivity contribution in [3.8, 4) is 0 Å². The third-order valence-electron chi connectivity index (χ3n) is 2.23. The van der Waals surface area contributed by atoms with Crippen LogP contribution in [0.15, 0.2) is 29.2 Å². The molecule has 0 saturated heterocycles. The van der Waals surface area contributed by atoms with Crippen LogP contribution in [-0.4, -0.2) is 13.0 Å². The van der Waals surface area contributed by atoms with Crippen molar-refractivity contribution in [3.05, 3.63) is 29.8 Å². The van der Waals surface area contributed by atoms with Crippen LogP contribution in [0.4, 0.5) is 0 Å². The standard InChI is InChI=1S/C9H10O3S.ClH/c10-13(11,12)9-5-3-8(4-6-9)7-1-2-7;/h3-7H,1-2H2,(H,10,11,12);1H. The van der Waals surface area contributed by atoms with Gasteiger partial charge in [-0.1, -0.05) is 12.1 Å². The summed E-state index contributed by atoms with van der Waals surface area (Å²) in [6.07, 6.45) is 2.37. The summed E-state index contributed by atoms with van der Waals surface area (Å²) < 4.78 is 30.1. The van der Waals surface area contributed by atoms with Crippen LogP contribution in [0.25, 0.3) is 0 Å². The Morgan fingerprint density at radius 3 is 2.00 bits per heavy atom. The molecule has 1 aromatic carbocycles. The Bertz CT molecular complexity index is 406. The Kier molecular flexibility index (Phi) is 3.19. The number of hydrogen-bond acceptors (Lipinski definition) is 2. The molecule has 0 bridgehead atoms. The summed E-state index contributed by atoms with van der Waals surface area (Å²) in [5, 5.41) is 0. The third-order valence-corrected chi connectivity index (χ3v) is 3.09. The molecule has 1 aliphatic carbocycles. The summed E-state index contributed by atoms with van der Waals surface area (Å²) >= 11 is 0. The molecule has 0 radical (unpaired) electrons. The second-order valence-electron chi connectivity index (χ2n) is 3.32. The van der Waals surface area contributed by atoms with Gasteiger partial charge in [0.1, 0.15) is 0 Å². The van der Waals surface area contributed by atoms with Crippen molar-refractivity contribution in [2.45, 2.75) is 23.7 Å². The molecule has 2 rings (SSSR count). The maximum absolute atomic E-state index is 10.7. The largest absolute Gasteiger partial charge is 0.294 e. The Labute approximate surface area is 89.3 Å². The summed E-state index contributed by atoms with van der Waals surface area (Å²) in [5.41, 5.74) is 1.16. The normalized spacial score (nSPS) is 16.1. The quantitative estimate of drug-likeness (QED) is 0.799. The summed E-state index contributed by atoms with van der Waals surface area (Å²) in [6, 6.07) is 6.42. The summed E-state index contributed by atoms with van der Waals surface area (Å²) in [5.74, 6) is 0.607. The van der Waals surface area contributed by atoms with Gasteiger partial charge in [0.2, 0.25) is 0 Å². The van der Waals surface area contributed by atoms with Crippen molar-refractivity contribution in [2.24, 2.45) is 0 Å². The van der Waals surface area contributed by atoms with Gasteiger partial charge in [0.15, 0.2) is 0 Å². The molecule has 1 aliphatic rings. The van der Waals surface area contributed by atoms with Crippen LogP contribution in [0.5, 0.6) is 0 Å². The van der Waals surface area contributed by atoms with E-state index in [9.17, 15) is 8.42 Å². The molecule has 1 aromatic rings. The molecule has 0 amide bonds. The van der Waals surface area contributed by atoms with Gasteiger partial charge in [0.05, 0.1) is 4.90 Å². The lowest BCUT2D eigenvalue weighted by Gasteiger charge is -1.99. The SMILES string of the molecule is Cl.O=S(=O)(O)c1ccc(C2CC2)cc1. The first-order valence-electron chi connectivity index (χ1n) is 4.15. The van der Waals surface area contributed by atoms with E-state index < -0.39 is 10.1 Å². The zero-order valence-corrected chi connectivity index (χ0v) is 9.01. The van der Waals surface area contributed by atoms with Crippen LogP contribution in [0, 0.1) is 0 Å². The van der Waals surface area contributed by atoms with Gasteiger partial charge in [-0.15, -0.1) is 12.4 Å². The van der Waals surface area contributed by atoms with Crippen LogP contribution in [0.2, 0.25) is 0 Å². The van der Waals surface area contributed by atoms with E-state index in [1.807, 2.05) is 0 Å². The molecule has 78 valence electrons. The van der Waals surface area contributed by atoms with Gasteiger partial charge >= 0.3 is 0 Å². The van der Waals surface area contributed by atoms with E-state index in [-0.39, 0.29) is 17.3 Å². The highest BCUT2D eigenvalue weighted by atomic mass is 35.5. The number of hydrogen-bond donors (Lipinski definition) is 1. The van der Waals surface area contributed by atoms with Crippen molar-refractivity contribution in [1.29, 1.82) is 0 Å². The molecule has 5 heteroatoms. The molecule has 0 spiro atoms. The van der Waals surface area contributed by atoms with Crippen LogP contribution >= 0.6 is 12.4 Å². The van der Waals surface area contributed by atoms with E-state index >= 15 is 0 Å². The van der Waals surface area contributed by atoms with Gasteiger partial charge in [0, 0.05) is 0 Å². The van der Waals surface area contributed by atoms with Crippen molar-refractivity contribution >= 4 is 22.5 Å². The van der Waals surface area contributed by atoms with Crippen molar-refractivity contribution in [1.82, 2.24) is 0 Å². The van der Waals surface area contributed by atoms with Gasteiger partial charge in [0.25, 0.3) is 10.1 Å². The van der Waals surface area contributed by atoms with E-state index in [1.54, 1.807) is 12.1 Å². The van der Waals surface area contributed by atoms with Crippen LogP contribution < -0.4 is 0 Å². The molecule has 0 atom stereocenters. The molecule has 0 heterocycles. The first kappa shape index (κ1) is 11.5. The van der Waals surface area contributed by atoms with Gasteiger partial charge < -0.3 is 0 Å². The summed E-state index contributed by atoms with van der Waals surface area (Å²) in [4.78, 5) is -0.0306. The van der Waals surface area contributed by atoms with E-state index in [4.69, 9.17) is 4.55 Å². The molecule has 14 heavy (non-hydrogen) atoms. The molecular formula is C9H11ClO3S. The molecule has 1 N–H and O–H groups in total. The maximum Gasteiger partial charge on any atom is 0.294 e. The lowest BCUT2D eigenvalue weighted by molar-refractivity contribution is 0.483. The van der Waals surface area contributed by atoms with E-state index in [2.05, 4.69) is 0 Å². The third kappa shape index (κ3) is 2.47. The number of halogens is 1. The maximum atomic E-state index is 10.7. The minimum atomic E-state index is -4.02. The van der Waals surface area contributed by atoms with Gasteiger partial charge in [-0.25, -0.2) is 0 Å². The fourth-order valence-corrected chi connectivity index (χ4v) is 1.81. The van der Waals surface area contributed by atoms with Crippen molar-refractivity contribution in [3.63, 3.8) is 0 Å². The topological polar surface area (TPSA) is 54.4 Å². The lowest BCUT2D eigenvalue weighted by Crippen LogP contribution is -1.97. The summed E-state index contributed by atoms with van der Waals surface area (Å²) in [6.45, 7) is 0. The molecule has 0 unspecified atom stereocenters. The smallest absolute Gasteiger partial charge is 0.282 e. The highest BCUT2D eigenvalue weighted by molar-refractivity contribution is 7.85. The molecule has 1 fully saturated rings. The molecule has 0 aliphatic heterocycles. The van der Waals surface area contributed by atoms with Crippen LogP contribution in [0.3, 0.4) is 0 Å². The first-order chi connectivity index (χ1) is 6.07. The molecule has 1 saturated carbocycles. The zero-order chi connectivity index (χ0) is 9.47. The van der Waals surface area contributed by atoms with Crippen molar-refractivity contribution < 1.29 is 13.0 Å². The molecule has 3 nitrogen and oxygen atoms in total. The molecule has 0 aromatic heterocycles. The van der Waals surface area contributed by atoms with Gasteiger partial charge in [-0.3, -0.25) is 4.55 Å². The van der Waals surface area contributed by atoms with Crippen LogP contribution in [0.1, 0.15) is 24.3 Å². The van der Waals surface area contributed by atoms with E-state index in [1.165, 1.54) is 25.0 Å². The lowest BCUT2D eigenvalue weighted by atomic mass is 10.1. The second kappa shape index (κ2) is 3.88. The first-order valence-corrected chi connectivity index (χ1v) is 5.59. The second-order valence-corrected chi connectivity index (χ2v) is 4.74. The minimum absolute atomic E-state index is 0. The fraction of sp³-hybridized carbons (Fsp3) is 0.333. The average molecular weight is 235 g/mol. The monoisotopic (exact) mass is 234 g/mol. The zero-order valence-electron chi connectivity index (χ0n) is 7.38. The highest BCUT2D eigenvalue weighted by Crippen LogP contribution is 2.40. The van der Waals surface area contributed by atoms with E-state index in [0.29, 0.717) is 5.92 Å². The average Bonchev–Trinajstić information content (AvgIpc) is 2.85. The Balaban J connectivity index is 0.000000980. The van der Waals surface area contributed by atoms with Crippen LogP contribution in [-0.2, 0) is 10.1 Å². The highest BCUT2D eigenvalue weighted by Gasteiger charge is 2.23. The predicted molar refractivity (Wildman–Crippen MR) is 55.5 cm³/mol. The van der Waals surface area contributed by atoms with Gasteiger partial charge in [-0.2, -0.15) is 8.42 Å². The number of rotatable bonds is 2. The number of benzene rings is 1. The van der Waals surface area contributed by atoms with E-state index in [0.717, 1.165) is 5.56 Å². The minimum Gasteiger partial charge on any atom is -0.282 e. The summed E-state index contributed by atoms with van der Waals surface area (Å²) in [7, 11) is -4.02.